The van der Waals surface area contributed by atoms with Crippen LogP contribution in [-0.4, -0.2) is 18.0 Å². The van der Waals surface area contributed by atoms with E-state index in [1.54, 1.807) is 0 Å². The summed E-state index contributed by atoms with van der Waals surface area (Å²) in [6.07, 6.45) is 0.102. The maximum Gasteiger partial charge on any atom is 0.315 e. The van der Waals surface area contributed by atoms with Crippen LogP contribution >= 0.6 is 0 Å². The quantitative estimate of drug-likeness (QED) is 0.690. The first kappa shape index (κ1) is 20.3. The van der Waals surface area contributed by atoms with Crippen molar-refractivity contribution in [2.75, 3.05) is 5.32 Å². The number of carbonyl (C=O) groups is 2. The van der Waals surface area contributed by atoms with E-state index in [-0.39, 0.29) is 24.1 Å². The minimum absolute atomic E-state index is 0.102. The summed E-state index contributed by atoms with van der Waals surface area (Å²) in [5.74, 6) is 0.655. The second kappa shape index (κ2) is 9.62. The number of nitrogens with one attached hydrogen (secondary N) is 3. The number of urea groups is 1. The van der Waals surface area contributed by atoms with E-state index in [9.17, 15) is 9.59 Å². The zero-order chi connectivity index (χ0) is 19.8. The van der Waals surface area contributed by atoms with Gasteiger partial charge >= 0.3 is 6.03 Å². The van der Waals surface area contributed by atoms with Crippen LogP contribution in [0.2, 0.25) is 0 Å². The Labute approximate surface area is 160 Å². The number of hydrogen-bond donors (Lipinski definition) is 3. The number of ether oxygens (including phenoxy) is 1. The van der Waals surface area contributed by atoms with E-state index in [4.69, 9.17) is 4.74 Å². The molecule has 1 atom stereocenters. The third-order valence-corrected chi connectivity index (χ3v) is 3.78. The molecule has 2 aromatic rings. The summed E-state index contributed by atoms with van der Waals surface area (Å²) < 4.78 is 5.66. The van der Waals surface area contributed by atoms with Crippen LogP contribution in [-0.2, 0) is 11.3 Å². The van der Waals surface area contributed by atoms with Gasteiger partial charge in [-0.1, -0.05) is 24.3 Å². The largest absolute Gasteiger partial charge is 0.491 e. The first-order valence-corrected chi connectivity index (χ1v) is 9.01. The second-order valence-corrected chi connectivity index (χ2v) is 6.67. The fourth-order valence-corrected chi connectivity index (χ4v) is 2.60. The van der Waals surface area contributed by atoms with Gasteiger partial charge in [0.15, 0.2) is 0 Å². The lowest BCUT2D eigenvalue weighted by atomic mass is 10.1. The Morgan fingerprint density at radius 1 is 1.04 bits per heavy atom. The molecule has 0 aromatic heterocycles. The van der Waals surface area contributed by atoms with Gasteiger partial charge in [-0.05, 0) is 56.2 Å². The lowest BCUT2D eigenvalue weighted by Crippen LogP contribution is -2.36. The van der Waals surface area contributed by atoms with Gasteiger partial charge in [0.1, 0.15) is 5.75 Å². The lowest BCUT2D eigenvalue weighted by Gasteiger charge is -2.16. The molecule has 3 N–H and O–H groups in total. The summed E-state index contributed by atoms with van der Waals surface area (Å²) in [5, 5.41) is 8.49. The molecule has 0 unspecified atom stereocenters. The predicted octanol–water partition coefficient (Wildman–Crippen LogP) is 3.99. The van der Waals surface area contributed by atoms with Gasteiger partial charge in [-0.3, -0.25) is 4.79 Å². The van der Waals surface area contributed by atoms with Crippen molar-refractivity contribution in [3.05, 3.63) is 59.7 Å². The van der Waals surface area contributed by atoms with E-state index in [1.807, 2.05) is 69.3 Å². The highest BCUT2D eigenvalue weighted by Crippen LogP contribution is 2.18. The van der Waals surface area contributed by atoms with Crippen molar-refractivity contribution in [1.82, 2.24) is 10.6 Å². The number of amides is 3. The molecule has 3 amide bonds. The Kier molecular flexibility index (Phi) is 7.23. The summed E-state index contributed by atoms with van der Waals surface area (Å²) >= 11 is 0. The van der Waals surface area contributed by atoms with Gasteiger partial charge in [0, 0.05) is 19.2 Å². The van der Waals surface area contributed by atoms with Gasteiger partial charge in [0.05, 0.1) is 12.1 Å². The van der Waals surface area contributed by atoms with E-state index in [1.165, 1.54) is 6.92 Å². The highest BCUT2D eigenvalue weighted by Gasteiger charge is 2.10. The van der Waals surface area contributed by atoms with E-state index in [0.717, 1.165) is 16.9 Å². The van der Waals surface area contributed by atoms with E-state index < -0.39 is 0 Å². The van der Waals surface area contributed by atoms with E-state index >= 15 is 0 Å². The number of rotatable bonds is 7. The molecule has 144 valence electrons. The summed E-state index contributed by atoms with van der Waals surface area (Å²) in [7, 11) is 0. The van der Waals surface area contributed by atoms with Crippen molar-refractivity contribution >= 4 is 17.6 Å². The van der Waals surface area contributed by atoms with Gasteiger partial charge in [0.25, 0.3) is 0 Å². The Morgan fingerprint density at radius 2 is 1.78 bits per heavy atom. The zero-order valence-corrected chi connectivity index (χ0v) is 16.2. The Balaban J connectivity index is 1.89. The third kappa shape index (κ3) is 7.01. The highest BCUT2D eigenvalue weighted by atomic mass is 16.5. The molecule has 6 heteroatoms. The summed E-state index contributed by atoms with van der Waals surface area (Å²) in [6.45, 7) is 7.70. The van der Waals surface area contributed by atoms with Crippen LogP contribution in [0.25, 0.3) is 0 Å². The number of anilines is 1. The summed E-state index contributed by atoms with van der Waals surface area (Å²) in [4.78, 5) is 23.4. The monoisotopic (exact) mass is 369 g/mol. The van der Waals surface area contributed by atoms with E-state index in [2.05, 4.69) is 16.0 Å². The summed E-state index contributed by atoms with van der Waals surface area (Å²) in [5.41, 5.74) is 2.57. The lowest BCUT2D eigenvalue weighted by molar-refractivity contribution is -0.114. The minimum Gasteiger partial charge on any atom is -0.491 e. The maximum atomic E-state index is 12.2. The molecule has 0 aliphatic heterocycles. The van der Waals surface area contributed by atoms with Crippen molar-refractivity contribution in [3.8, 4) is 5.75 Å². The molecule has 0 fully saturated rings. The zero-order valence-electron chi connectivity index (χ0n) is 16.2. The normalized spacial score (nSPS) is 11.6. The van der Waals surface area contributed by atoms with Gasteiger partial charge in [-0.25, -0.2) is 4.79 Å². The third-order valence-electron chi connectivity index (χ3n) is 3.78. The van der Waals surface area contributed by atoms with Gasteiger partial charge in [-0.15, -0.1) is 0 Å². The molecule has 0 aliphatic carbocycles. The Morgan fingerprint density at radius 3 is 2.48 bits per heavy atom. The SMILES string of the molecule is CC(=O)Nc1cccc([C@@H](C)NC(=O)NCc2cccc(OC(C)C)c2)c1. The van der Waals surface area contributed by atoms with Crippen LogP contribution in [0.4, 0.5) is 10.5 Å². The fourth-order valence-electron chi connectivity index (χ4n) is 2.60. The molecule has 2 rings (SSSR count). The van der Waals surface area contributed by atoms with Crippen molar-refractivity contribution in [2.45, 2.75) is 46.4 Å². The van der Waals surface area contributed by atoms with Gasteiger partial charge in [0.2, 0.25) is 5.91 Å². The molecule has 2 aromatic carbocycles. The molecule has 6 nitrogen and oxygen atoms in total. The van der Waals surface area contributed by atoms with Crippen LogP contribution in [0.1, 0.15) is 44.9 Å². The van der Waals surface area contributed by atoms with Crippen LogP contribution in [0.3, 0.4) is 0 Å². The molecule has 0 saturated carbocycles. The maximum absolute atomic E-state index is 12.2. The predicted molar refractivity (Wildman–Crippen MR) is 107 cm³/mol. The van der Waals surface area contributed by atoms with Crippen LogP contribution < -0.4 is 20.7 Å². The van der Waals surface area contributed by atoms with Crippen molar-refractivity contribution in [2.24, 2.45) is 0 Å². The first-order valence-electron chi connectivity index (χ1n) is 9.01. The molecular weight excluding hydrogens is 342 g/mol. The van der Waals surface area contributed by atoms with Gasteiger partial charge < -0.3 is 20.7 Å². The molecule has 0 spiro atoms. The van der Waals surface area contributed by atoms with Gasteiger partial charge in [-0.2, -0.15) is 0 Å². The average molecular weight is 369 g/mol. The topological polar surface area (TPSA) is 79.5 Å². The highest BCUT2D eigenvalue weighted by molar-refractivity contribution is 5.88. The van der Waals surface area contributed by atoms with Crippen LogP contribution in [0.15, 0.2) is 48.5 Å². The fraction of sp³-hybridized carbons (Fsp3) is 0.333. The molecule has 0 saturated heterocycles. The standard InChI is InChI=1S/C21H27N3O3/c1-14(2)27-20-10-5-7-17(11-20)13-22-21(26)23-15(3)18-8-6-9-19(12-18)24-16(4)25/h5-12,14-15H,13H2,1-4H3,(H,24,25)(H2,22,23,26)/t15-/m1/s1. The molecule has 27 heavy (non-hydrogen) atoms. The molecule has 0 radical (unpaired) electrons. The molecule has 0 bridgehead atoms. The molecule has 0 aliphatic rings. The van der Waals surface area contributed by atoms with Crippen molar-refractivity contribution < 1.29 is 14.3 Å². The smallest absolute Gasteiger partial charge is 0.315 e. The van der Waals surface area contributed by atoms with Crippen LogP contribution in [0, 0.1) is 0 Å². The second-order valence-electron chi connectivity index (χ2n) is 6.67. The first-order chi connectivity index (χ1) is 12.8. The minimum atomic E-state index is -0.261. The van der Waals surface area contributed by atoms with Crippen LogP contribution in [0.5, 0.6) is 5.75 Å². The molecule has 0 heterocycles. The van der Waals surface area contributed by atoms with Crippen molar-refractivity contribution in [3.63, 3.8) is 0 Å². The van der Waals surface area contributed by atoms with Crippen molar-refractivity contribution in [1.29, 1.82) is 0 Å². The summed E-state index contributed by atoms with van der Waals surface area (Å²) in [6, 6.07) is 14.6. The number of hydrogen-bond acceptors (Lipinski definition) is 3. The molecular formula is C21H27N3O3. The number of benzene rings is 2. The average Bonchev–Trinajstić information content (AvgIpc) is 2.59. The number of carbonyl (C=O) groups excluding carboxylic acids is 2. The Bertz CT molecular complexity index is 790. The van der Waals surface area contributed by atoms with E-state index in [0.29, 0.717) is 12.2 Å². The Hall–Kier alpha value is -3.02.